The minimum Gasteiger partial charge on any atom is -0.450 e. The molecule has 0 spiro atoms. The van der Waals surface area contributed by atoms with E-state index in [1.54, 1.807) is 92.8 Å². The molecule has 17 nitrogen and oxygen atoms in total. The second-order valence-electron chi connectivity index (χ2n) is 12.4. The molecular formula is C36H43N6O11P. The van der Waals surface area contributed by atoms with E-state index in [2.05, 4.69) is 0 Å². The van der Waals surface area contributed by atoms with Crippen LogP contribution in [0.2, 0.25) is 0 Å². The van der Waals surface area contributed by atoms with Crippen LogP contribution in [0, 0.1) is 20.2 Å². The van der Waals surface area contributed by atoms with Gasteiger partial charge in [-0.1, -0.05) is 12.1 Å². The standard InChI is InChI=1S/C20H27N4O6P.C16H16N2O5/c1-21(2)20(25)16-8-7-9-17(13-16)30-19-12-15(10-11-18(19)24(26)27)14-29-31(28,22(3)4)23(5)6;1-17(2)16(20)12-4-3-5-13(9-12)23-15-8-11(10-19)6-7-14(15)18(21)22/h7-13H,14H2,1-6H3;3-9,19H,10H2,1-2H3. The van der Waals surface area contributed by atoms with Crippen LogP contribution in [0.5, 0.6) is 23.0 Å². The van der Waals surface area contributed by atoms with E-state index in [0.717, 1.165) is 0 Å². The van der Waals surface area contributed by atoms with Gasteiger partial charge in [-0.25, -0.2) is 9.34 Å². The molecule has 0 saturated carbocycles. The molecule has 0 unspecified atom stereocenters. The molecule has 4 rings (SSSR count). The third-order valence-electron chi connectivity index (χ3n) is 7.46. The lowest BCUT2D eigenvalue weighted by Gasteiger charge is -2.29. The van der Waals surface area contributed by atoms with Gasteiger partial charge in [0.25, 0.3) is 11.8 Å². The van der Waals surface area contributed by atoms with Crippen LogP contribution in [-0.4, -0.2) is 102 Å². The summed E-state index contributed by atoms with van der Waals surface area (Å²) in [6.07, 6.45) is 0. The average molecular weight is 767 g/mol. The van der Waals surface area contributed by atoms with Crippen LogP contribution in [0.1, 0.15) is 31.8 Å². The summed E-state index contributed by atoms with van der Waals surface area (Å²) in [5.41, 5.74) is 1.38. The zero-order valence-electron chi connectivity index (χ0n) is 31.2. The Labute approximate surface area is 312 Å². The smallest absolute Gasteiger partial charge is 0.345 e. The van der Waals surface area contributed by atoms with Crippen LogP contribution in [0.25, 0.3) is 0 Å². The van der Waals surface area contributed by atoms with E-state index in [1.807, 2.05) is 0 Å². The van der Waals surface area contributed by atoms with E-state index < -0.39 is 17.5 Å². The Hall–Kier alpha value is -5.71. The number of rotatable bonds is 14. The molecule has 0 fully saturated rings. The number of aliphatic hydroxyl groups excluding tert-OH is 1. The quantitative estimate of drug-likeness (QED) is 0.0839. The molecule has 0 bridgehead atoms. The molecule has 0 aliphatic heterocycles. The molecular weight excluding hydrogens is 723 g/mol. The zero-order valence-corrected chi connectivity index (χ0v) is 32.1. The SMILES string of the molecule is CN(C)C(=O)c1cccc(Oc2cc(CO)ccc2[N+](=O)[O-])c1.CN(C)C(=O)c1cccc(Oc2cc(COP(=O)(N(C)C)N(C)C)ccc2[N+](=O)[O-])c1. The van der Waals surface area contributed by atoms with Gasteiger partial charge in [-0.05, 0) is 100.0 Å². The zero-order chi connectivity index (χ0) is 40.3. The summed E-state index contributed by atoms with van der Waals surface area (Å²) in [7, 11) is 9.88. The first-order chi connectivity index (χ1) is 25.4. The second-order valence-corrected chi connectivity index (χ2v) is 15.2. The summed E-state index contributed by atoms with van der Waals surface area (Å²) in [6.45, 7) is -0.297. The number of hydrogen-bond acceptors (Lipinski definition) is 11. The van der Waals surface area contributed by atoms with Crippen LogP contribution in [0.15, 0.2) is 84.9 Å². The predicted octanol–water partition coefficient (Wildman–Crippen LogP) is 6.42. The average Bonchev–Trinajstić information content (AvgIpc) is 3.13. The van der Waals surface area contributed by atoms with Crippen molar-refractivity contribution < 1.29 is 43.1 Å². The molecule has 54 heavy (non-hydrogen) atoms. The van der Waals surface area contributed by atoms with Crippen LogP contribution in [0.3, 0.4) is 0 Å². The third-order valence-corrected chi connectivity index (χ3v) is 9.95. The number of carbonyl (C=O) groups is 2. The van der Waals surface area contributed by atoms with Gasteiger partial charge in [-0.15, -0.1) is 0 Å². The van der Waals surface area contributed by atoms with Gasteiger partial charge in [0.15, 0.2) is 0 Å². The van der Waals surface area contributed by atoms with Crippen molar-refractivity contribution in [3.05, 3.63) is 127 Å². The van der Waals surface area contributed by atoms with Gasteiger partial charge in [0.05, 0.1) is 23.1 Å². The van der Waals surface area contributed by atoms with Crippen LogP contribution < -0.4 is 9.47 Å². The number of hydrogen-bond donors (Lipinski definition) is 1. The summed E-state index contributed by atoms with van der Waals surface area (Å²) in [5.74, 6) is 0.164. The molecule has 0 aliphatic rings. The highest BCUT2D eigenvalue weighted by Crippen LogP contribution is 2.51. The lowest BCUT2D eigenvalue weighted by atomic mass is 10.2. The van der Waals surface area contributed by atoms with Gasteiger partial charge in [-0.2, -0.15) is 0 Å². The van der Waals surface area contributed by atoms with E-state index >= 15 is 0 Å². The van der Waals surface area contributed by atoms with Gasteiger partial charge >= 0.3 is 19.0 Å². The van der Waals surface area contributed by atoms with Gasteiger partial charge < -0.3 is 28.9 Å². The van der Waals surface area contributed by atoms with Crippen molar-refractivity contribution in [3.63, 3.8) is 0 Å². The number of amides is 2. The summed E-state index contributed by atoms with van der Waals surface area (Å²) in [6, 6.07) is 21.2. The first-order valence-corrected chi connectivity index (χ1v) is 17.7. The summed E-state index contributed by atoms with van der Waals surface area (Å²) < 4.78 is 32.9. The molecule has 18 heteroatoms. The van der Waals surface area contributed by atoms with Crippen LogP contribution >= 0.6 is 7.67 Å². The lowest BCUT2D eigenvalue weighted by Crippen LogP contribution is -2.22. The number of ether oxygens (including phenoxy) is 2. The number of benzene rings is 4. The summed E-state index contributed by atoms with van der Waals surface area (Å²) in [4.78, 5) is 48.4. The molecule has 0 saturated heterocycles. The number of aliphatic hydroxyl groups is 1. The van der Waals surface area contributed by atoms with Crippen molar-refractivity contribution in [2.75, 3.05) is 56.4 Å². The molecule has 288 valence electrons. The van der Waals surface area contributed by atoms with E-state index in [9.17, 15) is 34.4 Å². The highest BCUT2D eigenvalue weighted by Gasteiger charge is 2.30. The highest BCUT2D eigenvalue weighted by molar-refractivity contribution is 7.53. The molecule has 2 amide bonds. The summed E-state index contributed by atoms with van der Waals surface area (Å²) in [5, 5.41) is 31.7. The van der Waals surface area contributed by atoms with E-state index in [1.165, 1.54) is 67.7 Å². The van der Waals surface area contributed by atoms with Crippen molar-refractivity contribution in [2.24, 2.45) is 0 Å². The van der Waals surface area contributed by atoms with Crippen molar-refractivity contribution in [2.45, 2.75) is 13.2 Å². The maximum Gasteiger partial charge on any atom is 0.345 e. The van der Waals surface area contributed by atoms with E-state index in [0.29, 0.717) is 28.0 Å². The number of carbonyl (C=O) groups excluding carboxylic acids is 2. The molecule has 0 aliphatic carbocycles. The molecule has 4 aromatic rings. The first kappa shape index (κ1) is 42.7. The normalized spacial score (nSPS) is 11.0. The topological polar surface area (TPSA) is 198 Å². The fourth-order valence-corrected chi connectivity index (χ4v) is 6.17. The number of nitro benzene ring substituents is 2. The maximum atomic E-state index is 12.9. The van der Waals surface area contributed by atoms with Gasteiger partial charge in [0.2, 0.25) is 11.5 Å². The largest absolute Gasteiger partial charge is 0.450 e. The molecule has 0 atom stereocenters. The monoisotopic (exact) mass is 766 g/mol. The molecule has 0 aromatic heterocycles. The highest BCUT2D eigenvalue weighted by atomic mass is 31.2. The van der Waals surface area contributed by atoms with Gasteiger partial charge in [0, 0.05) is 51.5 Å². The van der Waals surface area contributed by atoms with E-state index in [4.69, 9.17) is 19.1 Å². The van der Waals surface area contributed by atoms with Crippen LogP contribution in [-0.2, 0) is 22.3 Å². The summed E-state index contributed by atoms with van der Waals surface area (Å²) >= 11 is 0. The minimum absolute atomic E-state index is 0.00918. The van der Waals surface area contributed by atoms with Crippen molar-refractivity contribution in [3.8, 4) is 23.0 Å². The van der Waals surface area contributed by atoms with Crippen molar-refractivity contribution in [1.82, 2.24) is 19.1 Å². The van der Waals surface area contributed by atoms with Gasteiger partial charge in [-0.3, -0.25) is 34.4 Å². The third kappa shape index (κ3) is 11.1. The Bertz CT molecular complexity index is 2030. The maximum absolute atomic E-state index is 12.9. The van der Waals surface area contributed by atoms with Crippen molar-refractivity contribution >= 4 is 30.9 Å². The van der Waals surface area contributed by atoms with Crippen LogP contribution in [0.4, 0.5) is 11.4 Å². The Morgan fingerprint density at radius 1 is 0.648 bits per heavy atom. The Balaban J connectivity index is 0.000000303. The second kappa shape index (κ2) is 18.9. The Kier molecular flexibility index (Phi) is 14.9. The minimum atomic E-state index is -3.22. The number of nitrogens with zero attached hydrogens (tertiary/aromatic N) is 6. The van der Waals surface area contributed by atoms with E-state index in [-0.39, 0.29) is 53.7 Å². The fraction of sp³-hybridized carbons (Fsp3) is 0.278. The molecule has 0 heterocycles. The van der Waals surface area contributed by atoms with Gasteiger partial charge in [0.1, 0.15) is 11.5 Å². The number of nitro groups is 2. The Morgan fingerprint density at radius 2 is 1.06 bits per heavy atom. The van der Waals surface area contributed by atoms with Crippen molar-refractivity contribution in [1.29, 1.82) is 0 Å². The fourth-order valence-electron chi connectivity index (χ4n) is 4.67. The first-order valence-electron chi connectivity index (χ1n) is 16.1. The lowest BCUT2D eigenvalue weighted by molar-refractivity contribution is -0.385. The predicted molar refractivity (Wildman–Crippen MR) is 201 cm³/mol. The molecule has 0 radical (unpaired) electrons. The molecule has 1 N–H and O–H groups in total. The molecule has 4 aromatic carbocycles. The Morgan fingerprint density at radius 3 is 1.43 bits per heavy atom.